The summed E-state index contributed by atoms with van der Waals surface area (Å²) in [6.07, 6.45) is 5.91. The van der Waals surface area contributed by atoms with Crippen LogP contribution in [0, 0.1) is 5.92 Å². The fourth-order valence-corrected chi connectivity index (χ4v) is 1.48. The van der Waals surface area contributed by atoms with E-state index in [1.54, 1.807) is 0 Å². The van der Waals surface area contributed by atoms with E-state index < -0.39 is 0 Å². The summed E-state index contributed by atoms with van der Waals surface area (Å²) in [5, 5.41) is 0. The van der Waals surface area contributed by atoms with Gasteiger partial charge in [0.05, 0.1) is 0 Å². The van der Waals surface area contributed by atoms with Crippen LogP contribution < -0.4 is 0 Å². The Balaban J connectivity index is 0.000000132. The molecule has 0 spiro atoms. The maximum atomic E-state index is 10.0. The van der Waals surface area contributed by atoms with Gasteiger partial charge < -0.3 is 4.79 Å². The van der Waals surface area contributed by atoms with Crippen LogP contribution in [0.2, 0.25) is 0 Å². The second kappa shape index (κ2) is 6.41. The molecule has 2 rings (SSSR count). The van der Waals surface area contributed by atoms with Gasteiger partial charge in [-0.05, 0) is 12.8 Å². The number of rotatable bonds is 1. The summed E-state index contributed by atoms with van der Waals surface area (Å²) in [4.78, 5) is 10.0. The molecule has 0 heterocycles. The normalized spacial score (nSPS) is 16.0. The number of aldehydes is 1. The van der Waals surface area contributed by atoms with Crippen molar-refractivity contribution in [1.82, 2.24) is 0 Å². The molecular weight excluding hydrogens is 160 g/mol. The highest BCUT2D eigenvalue weighted by Gasteiger charge is 2.12. The fourth-order valence-electron chi connectivity index (χ4n) is 1.48. The van der Waals surface area contributed by atoms with E-state index in [0.29, 0.717) is 5.92 Å². The largest absolute Gasteiger partial charge is 0.303 e. The van der Waals surface area contributed by atoms with E-state index >= 15 is 0 Å². The Morgan fingerprint density at radius 1 is 0.846 bits per heavy atom. The quantitative estimate of drug-likeness (QED) is 0.601. The summed E-state index contributed by atoms with van der Waals surface area (Å²) in [7, 11) is 0. The molecule has 1 saturated carbocycles. The second-order valence-electron chi connectivity index (χ2n) is 3.34. The smallest absolute Gasteiger partial charge is 0.123 e. The second-order valence-corrected chi connectivity index (χ2v) is 3.34. The summed E-state index contributed by atoms with van der Waals surface area (Å²) < 4.78 is 0. The average molecular weight is 176 g/mol. The van der Waals surface area contributed by atoms with Gasteiger partial charge in [-0.25, -0.2) is 0 Å². The Hall–Kier alpha value is -1.11. The predicted molar refractivity (Wildman–Crippen MR) is 54.5 cm³/mol. The molecule has 0 amide bonds. The minimum atomic E-state index is 0.417. The summed E-state index contributed by atoms with van der Waals surface area (Å²) in [6, 6.07) is 12.0. The van der Waals surface area contributed by atoms with E-state index in [4.69, 9.17) is 0 Å². The van der Waals surface area contributed by atoms with Crippen LogP contribution in [0.15, 0.2) is 36.4 Å². The Kier molecular flexibility index (Phi) is 4.92. The van der Waals surface area contributed by atoms with Crippen molar-refractivity contribution in [2.75, 3.05) is 0 Å². The van der Waals surface area contributed by atoms with Gasteiger partial charge in [-0.15, -0.1) is 0 Å². The van der Waals surface area contributed by atoms with E-state index in [-0.39, 0.29) is 0 Å². The molecule has 1 heteroatoms. The minimum Gasteiger partial charge on any atom is -0.303 e. The number of hydrogen-bond donors (Lipinski definition) is 0. The van der Waals surface area contributed by atoms with Crippen LogP contribution in [0.1, 0.15) is 25.7 Å². The minimum absolute atomic E-state index is 0.417. The topological polar surface area (TPSA) is 17.1 Å². The molecule has 0 N–H and O–H groups in total. The van der Waals surface area contributed by atoms with Crippen molar-refractivity contribution in [3.05, 3.63) is 36.4 Å². The van der Waals surface area contributed by atoms with Crippen LogP contribution in [-0.4, -0.2) is 6.29 Å². The lowest BCUT2D eigenvalue weighted by Gasteiger charge is -1.90. The number of benzene rings is 1. The zero-order valence-corrected chi connectivity index (χ0v) is 7.86. The molecular formula is C12H16O. The van der Waals surface area contributed by atoms with Crippen LogP contribution in [-0.2, 0) is 4.79 Å². The summed E-state index contributed by atoms with van der Waals surface area (Å²) in [5.41, 5.74) is 0. The average Bonchev–Trinajstić information content (AvgIpc) is 2.74. The summed E-state index contributed by atoms with van der Waals surface area (Å²) >= 11 is 0. The lowest BCUT2D eigenvalue weighted by atomic mass is 10.1. The molecule has 1 aliphatic rings. The van der Waals surface area contributed by atoms with Crippen LogP contribution in [0.4, 0.5) is 0 Å². The Bertz CT molecular complexity index is 185. The Morgan fingerprint density at radius 2 is 1.23 bits per heavy atom. The molecule has 1 aliphatic carbocycles. The van der Waals surface area contributed by atoms with Gasteiger partial charge in [-0.1, -0.05) is 49.2 Å². The molecule has 0 saturated heterocycles. The van der Waals surface area contributed by atoms with Crippen LogP contribution in [0.3, 0.4) is 0 Å². The zero-order chi connectivity index (χ0) is 9.36. The Morgan fingerprint density at radius 3 is 1.46 bits per heavy atom. The summed E-state index contributed by atoms with van der Waals surface area (Å²) in [6.45, 7) is 0. The molecule has 1 aromatic rings. The fraction of sp³-hybridized carbons (Fsp3) is 0.417. The molecule has 1 nitrogen and oxygen atoms in total. The van der Waals surface area contributed by atoms with E-state index in [0.717, 1.165) is 19.1 Å². The molecule has 0 atom stereocenters. The standard InChI is InChI=1S/C6H10O.C6H6/c7-5-6-3-1-2-4-6;1-2-4-6-5-3-1/h5-6H,1-4H2;1-6H. The Labute approximate surface area is 79.8 Å². The third-order valence-corrected chi connectivity index (χ3v) is 2.26. The zero-order valence-electron chi connectivity index (χ0n) is 7.86. The van der Waals surface area contributed by atoms with Crippen molar-refractivity contribution < 1.29 is 4.79 Å². The molecule has 0 bridgehead atoms. The van der Waals surface area contributed by atoms with Gasteiger partial charge in [-0.2, -0.15) is 0 Å². The molecule has 1 fully saturated rings. The maximum absolute atomic E-state index is 10.0. The first-order valence-electron chi connectivity index (χ1n) is 4.89. The van der Waals surface area contributed by atoms with E-state index in [1.165, 1.54) is 12.8 Å². The van der Waals surface area contributed by atoms with Gasteiger partial charge in [0.25, 0.3) is 0 Å². The van der Waals surface area contributed by atoms with Gasteiger partial charge in [-0.3, -0.25) is 0 Å². The molecule has 13 heavy (non-hydrogen) atoms. The highest BCUT2D eigenvalue weighted by molar-refractivity contribution is 5.53. The highest BCUT2D eigenvalue weighted by Crippen LogP contribution is 2.21. The van der Waals surface area contributed by atoms with Crippen molar-refractivity contribution in [1.29, 1.82) is 0 Å². The van der Waals surface area contributed by atoms with Gasteiger partial charge >= 0.3 is 0 Å². The number of carbonyl (C=O) groups excluding carboxylic acids is 1. The first-order chi connectivity index (χ1) is 6.43. The maximum Gasteiger partial charge on any atom is 0.123 e. The van der Waals surface area contributed by atoms with Gasteiger partial charge in [0.2, 0.25) is 0 Å². The first kappa shape index (κ1) is 9.97. The predicted octanol–water partition coefficient (Wildman–Crippen LogP) is 3.06. The van der Waals surface area contributed by atoms with Crippen molar-refractivity contribution in [2.45, 2.75) is 25.7 Å². The van der Waals surface area contributed by atoms with Crippen LogP contribution >= 0.6 is 0 Å². The highest BCUT2D eigenvalue weighted by atomic mass is 16.1. The lowest BCUT2D eigenvalue weighted by molar-refractivity contribution is -0.110. The molecule has 0 aromatic heterocycles. The monoisotopic (exact) mass is 176 g/mol. The molecule has 0 unspecified atom stereocenters. The lowest BCUT2D eigenvalue weighted by Crippen LogP contribution is -1.91. The van der Waals surface area contributed by atoms with Crippen molar-refractivity contribution >= 4 is 6.29 Å². The number of carbonyl (C=O) groups is 1. The SMILES string of the molecule is O=CC1CCCC1.c1ccccc1. The molecule has 1 aromatic carbocycles. The van der Waals surface area contributed by atoms with Crippen molar-refractivity contribution in [3.63, 3.8) is 0 Å². The molecule has 70 valence electrons. The summed E-state index contributed by atoms with van der Waals surface area (Å²) in [5.74, 6) is 0.417. The van der Waals surface area contributed by atoms with E-state index in [1.807, 2.05) is 36.4 Å². The van der Waals surface area contributed by atoms with Gasteiger partial charge in [0, 0.05) is 5.92 Å². The van der Waals surface area contributed by atoms with Crippen LogP contribution in [0.25, 0.3) is 0 Å². The molecule has 0 radical (unpaired) electrons. The first-order valence-corrected chi connectivity index (χ1v) is 4.89. The third-order valence-electron chi connectivity index (χ3n) is 2.26. The number of hydrogen-bond acceptors (Lipinski definition) is 1. The van der Waals surface area contributed by atoms with E-state index in [2.05, 4.69) is 0 Å². The molecule has 0 aliphatic heterocycles. The third kappa shape index (κ3) is 4.46. The van der Waals surface area contributed by atoms with Gasteiger partial charge in [0.1, 0.15) is 6.29 Å². The van der Waals surface area contributed by atoms with Crippen LogP contribution in [0.5, 0.6) is 0 Å². The van der Waals surface area contributed by atoms with E-state index in [9.17, 15) is 4.79 Å². The van der Waals surface area contributed by atoms with Crippen molar-refractivity contribution in [2.24, 2.45) is 5.92 Å². The van der Waals surface area contributed by atoms with Gasteiger partial charge in [0.15, 0.2) is 0 Å². The van der Waals surface area contributed by atoms with Crippen molar-refractivity contribution in [3.8, 4) is 0 Å².